The number of carbonyl (C=O) groups is 1. The van der Waals surface area contributed by atoms with E-state index in [-0.39, 0.29) is 5.91 Å². The molecule has 1 rings (SSSR count). The molecule has 0 saturated carbocycles. The van der Waals surface area contributed by atoms with Crippen LogP contribution >= 0.6 is 0 Å². The minimum absolute atomic E-state index is 0.389. The third kappa shape index (κ3) is 3.47. The number of hydrazine groups is 1. The smallest absolute Gasteiger partial charge is 0.274 e. The molecule has 0 bridgehead atoms. The zero-order valence-corrected chi connectivity index (χ0v) is 9.64. The lowest BCUT2D eigenvalue weighted by Crippen LogP contribution is -2.42. The molecular formula is C12H15N3O2. The van der Waals surface area contributed by atoms with Crippen LogP contribution in [0.25, 0.3) is 0 Å². The van der Waals surface area contributed by atoms with Crippen LogP contribution < -0.4 is 16.0 Å². The number of carbonyl (C=O) groups excluding carboxylic acids is 1. The predicted octanol–water partition coefficient (Wildman–Crippen LogP) is 1.10. The molecular weight excluding hydrogens is 218 g/mol. The van der Waals surface area contributed by atoms with Crippen molar-refractivity contribution in [2.24, 2.45) is 5.84 Å². The van der Waals surface area contributed by atoms with Crippen molar-refractivity contribution < 1.29 is 9.53 Å². The van der Waals surface area contributed by atoms with Crippen LogP contribution in [0.2, 0.25) is 0 Å². The number of nitrogens with one attached hydrogen (secondary N) is 1. The Balaban J connectivity index is 2.86. The number of para-hydroxylation sites is 1. The number of rotatable bonds is 5. The molecule has 0 aliphatic carbocycles. The van der Waals surface area contributed by atoms with Crippen molar-refractivity contribution in [3.05, 3.63) is 29.8 Å². The molecule has 5 nitrogen and oxygen atoms in total. The summed E-state index contributed by atoms with van der Waals surface area (Å²) in [6, 6.07) is 8.80. The summed E-state index contributed by atoms with van der Waals surface area (Å²) in [5.41, 5.74) is 2.46. The van der Waals surface area contributed by atoms with E-state index in [2.05, 4.69) is 5.43 Å². The Kier molecular flexibility index (Phi) is 4.98. The second kappa shape index (κ2) is 6.51. The zero-order chi connectivity index (χ0) is 12.7. The molecule has 1 atom stereocenters. The third-order valence-electron chi connectivity index (χ3n) is 2.26. The first-order chi connectivity index (χ1) is 8.22. The van der Waals surface area contributed by atoms with E-state index in [9.17, 15) is 4.79 Å². The lowest BCUT2D eigenvalue weighted by molar-refractivity contribution is -0.128. The summed E-state index contributed by atoms with van der Waals surface area (Å²) in [5.74, 6) is 5.09. The first-order valence-electron chi connectivity index (χ1n) is 5.39. The van der Waals surface area contributed by atoms with E-state index in [1.54, 1.807) is 24.3 Å². The van der Waals surface area contributed by atoms with Gasteiger partial charge < -0.3 is 4.74 Å². The van der Waals surface area contributed by atoms with Crippen LogP contribution in [0.4, 0.5) is 0 Å². The summed E-state index contributed by atoms with van der Waals surface area (Å²) in [6.45, 7) is 1.94. The maximum absolute atomic E-state index is 11.5. The van der Waals surface area contributed by atoms with Crippen LogP contribution in [0.3, 0.4) is 0 Å². The van der Waals surface area contributed by atoms with Gasteiger partial charge in [-0.25, -0.2) is 5.84 Å². The normalized spacial score (nSPS) is 11.4. The van der Waals surface area contributed by atoms with Gasteiger partial charge in [0, 0.05) is 0 Å². The molecule has 0 heterocycles. The number of nitrogens with two attached hydrogens (primary N) is 1. The van der Waals surface area contributed by atoms with Crippen LogP contribution in [0.15, 0.2) is 24.3 Å². The summed E-state index contributed by atoms with van der Waals surface area (Å²) in [4.78, 5) is 11.5. The molecule has 0 radical (unpaired) electrons. The Hall–Kier alpha value is -2.06. The Morgan fingerprint density at radius 1 is 1.59 bits per heavy atom. The monoisotopic (exact) mass is 233 g/mol. The van der Waals surface area contributed by atoms with Crippen LogP contribution in [0, 0.1) is 11.3 Å². The van der Waals surface area contributed by atoms with Gasteiger partial charge in [-0.2, -0.15) is 5.26 Å². The SMILES string of the molecule is CCCC(Oc1ccccc1C#N)C(=O)NN. The second-order valence-corrected chi connectivity index (χ2v) is 3.51. The van der Waals surface area contributed by atoms with E-state index >= 15 is 0 Å². The molecule has 0 aliphatic rings. The van der Waals surface area contributed by atoms with E-state index < -0.39 is 6.10 Å². The van der Waals surface area contributed by atoms with Gasteiger partial charge in [0.1, 0.15) is 11.8 Å². The zero-order valence-electron chi connectivity index (χ0n) is 9.64. The molecule has 17 heavy (non-hydrogen) atoms. The van der Waals surface area contributed by atoms with Crippen LogP contribution in [0.1, 0.15) is 25.3 Å². The first kappa shape index (κ1) is 13.0. The fraction of sp³-hybridized carbons (Fsp3) is 0.333. The van der Waals surface area contributed by atoms with Crippen molar-refractivity contribution >= 4 is 5.91 Å². The number of hydrogen-bond acceptors (Lipinski definition) is 4. The number of nitriles is 1. The fourth-order valence-corrected chi connectivity index (χ4v) is 1.41. The van der Waals surface area contributed by atoms with Gasteiger partial charge in [-0.1, -0.05) is 25.5 Å². The van der Waals surface area contributed by atoms with Gasteiger partial charge in [0.15, 0.2) is 6.10 Å². The van der Waals surface area contributed by atoms with Crippen molar-refractivity contribution in [3.8, 4) is 11.8 Å². The summed E-state index contributed by atoms with van der Waals surface area (Å²) in [6.07, 6.45) is 0.662. The fourth-order valence-electron chi connectivity index (χ4n) is 1.41. The van der Waals surface area contributed by atoms with Crippen molar-refractivity contribution in [2.45, 2.75) is 25.9 Å². The molecule has 0 fully saturated rings. The number of benzene rings is 1. The van der Waals surface area contributed by atoms with E-state index in [1.165, 1.54) is 0 Å². The molecule has 90 valence electrons. The molecule has 5 heteroatoms. The molecule has 3 N–H and O–H groups in total. The van der Waals surface area contributed by atoms with Gasteiger partial charge >= 0.3 is 0 Å². The third-order valence-corrected chi connectivity index (χ3v) is 2.26. The highest BCUT2D eigenvalue weighted by molar-refractivity contribution is 5.80. The average molecular weight is 233 g/mol. The molecule has 0 aliphatic heterocycles. The number of amides is 1. The number of hydrogen-bond donors (Lipinski definition) is 2. The lowest BCUT2D eigenvalue weighted by atomic mass is 10.2. The Labute approximate surface area is 100 Å². The van der Waals surface area contributed by atoms with E-state index in [1.807, 2.05) is 13.0 Å². The quantitative estimate of drug-likeness (QED) is 0.453. The molecule has 0 aromatic heterocycles. The summed E-state index contributed by atoms with van der Waals surface area (Å²) in [7, 11) is 0. The van der Waals surface area contributed by atoms with Crippen LogP contribution in [-0.4, -0.2) is 12.0 Å². The lowest BCUT2D eigenvalue weighted by Gasteiger charge is -2.17. The van der Waals surface area contributed by atoms with Gasteiger partial charge in [0.2, 0.25) is 0 Å². The number of ether oxygens (including phenoxy) is 1. The highest BCUT2D eigenvalue weighted by Gasteiger charge is 2.19. The Morgan fingerprint density at radius 2 is 2.29 bits per heavy atom. The topological polar surface area (TPSA) is 88.1 Å². The highest BCUT2D eigenvalue weighted by atomic mass is 16.5. The molecule has 1 aromatic rings. The summed E-state index contributed by atoms with van der Waals surface area (Å²) >= 11 is 0. The standard InChI is InChI=1S/C12H15N3O2/c1-2-5-11(12(16)15-14)17-10-7-4-3-6-9(10)8-13/h3-4,6-7,11H,2,5,14H2,1H3,(H,15,16). The van der Waals surface area contributed by atoms with Gasteiger partial charge in [-0.05, 0) is 18.6 Å². The van der Waals surface area contributed by atoms with E-state index in [0.717, 1.165) is 6.42 Å². The van der Waals surface area contributed by atoms with Gasteiger partial charge in [-0.3, -0.25) is 10.2 Å². The van der Waals surface area contributed by atoms with Crippen molar-refractivity contribution in [3.63, 3.8) is 0 Å². The van der Waals surface area contributed by atoms with E-state index in [0.29, 0.717) is 17.7 Å². The van der Waals surface area contributed by atoms with Crippen molar-refractivity contribution in [2.75, 3.05) is 0 Å². The van der Waals surface area contributed by atoms with Gasteiger partial charge in [0.05, 0.1) is 5.56 Å². The Bertz CT molecular complexity index is 426. The van der Waals surface area contributed by atoms with Gasteiger partial charge in [-0.15, -0.1) is 0 Å². The van der Waals surface area contributed by atoms with Crippen LogP contribution in [0.5, 0.6) is 5.75 Å². The second-order valence-electron chi connectivity index (χ2n) is 3.51. The minimum Gasteiger partial charge on any atom is -0.479 e. The molecule has 1 aromatic carbocycles. The number of nitrogens with zero attached hydrogens (tertiary/aromatic N) is 1. The highest BCUT2D eigenvalue weighted by Crippen LogP contribution is 2.19. The van der Waals surface area contributed by atoms with Crippen molar-refractivity contribution in [1.82, 2.24) is 5.43 Å². The first-order valence-corrected chi connectivity index (χ1v) is 5.39. The minimum atomic E-state index is -0.667. The maximum Gasteiger partial charge on any atom is 0.274 e. The molecule has 1 unspecified atom stereocenters. The largest absolute Gasteiger partial charge is 0.479 e. The summed E-state index contributed by atoms with van der Waals surface area (Å²) in [5, 5.41) is 8.90. The predicted molar refractivity (Wildman–Crippen MR) is 62.8 cm³/mol. The molecule has 0 spiro atoms. The Morgan fingerprint density at radius 3 is 2.88 bits per heavy atom. The summed E-state index contributed by atoms with van der Waals surface area (Å²) < 4.78 is 5.52. The average Bonchev–Trinajstić information content (AvgIpc) is 2.38. The molecule has 0 saturated heterocycles. The molecule has 1 amide bonds. The van der Waals surface area contributed by atoms with Crippen molar-refractivity contribution in [1.29, 1.82) is 5.26 Å². The van der Waals surface area contributed by atoms with Gasteiger partial charge in [0.25, 0.3) is 5.91 Å². The van der Waals surface area contributed by atoms with E-state index in [4.69, 9.17) is 15.8 Å². The van der Waals surface area contributed by atoms with Crippen LogP contribution in [-0.2, 0) is 4.79 Å². The maximum atomic E-state index is 11.5.